The highest BCUT2D eigenvalue weighted by Gasteiger charge is 2.23. The maximum absolute atomic E-state index is 4.74. The van der Waals surface area contributed by atoms with Crippen LogP contribution in [-0.2, 0) is 12.8 Å². The van der Waals surface area contributed by atoms with Crippen LogP contribution in [0.25, 0.3) is 0 Å². The van der Waals surface area contributed by atoms with Crippen LogP contribution in [0.3, 0.4) is 0 Å². The van der Waals surface area contributed by atoms with Gasteiger partial charge in [-0.05, 0) is 69.9 Å². The van der Waals surface area contributed by atoms with Crippen LogP contribution in [0.2, 0.25) is 0 Å². The molecule has 3 rings (SSSR count). The first-order chi connectivity index (χ1) is 11.5. The van der Waals surface area contributed by atoms with Gasteiger partial charge < -0.3 is 0 Å². The summed E-state index contributed by atoms with van der Waals surface area (Å²) in [7, 11) is 0. The van der Waals surface area contributed by atoms with E-state index in [1.807, 2.05) is 0 Å². The molecule has 1 heterocycles. The number of benzene rings is 1. The van der Waals surface area contributed by atoms with E-state index in [-0.39, 0.29) is 0 Å². The van der Waals surface area contributed by atoms with Crippen molar-refractivity contribution in [3.8, 4) is 0 Å². The lowest BCUT2D eigenvalue weighted by atomic mass is 9.77. The predicted octanol–water partition coefficient (Wildman–Crippen LogP) is 5.30. The molecule has 0 aliphatic heterocycles. The second-order valence-electron chi connectivity index (χ2n) is 7.73. The molecule has 0 saturated heterocycles. The van der Waals surface area contributed by atoms with Crippen LogP contribution in [-0.4, -0.2) is 9.97 Å². The first kappa shape index (κ1) is 17.1. The summed E-state index contributed by atoms with van der Waals surface area (Å²) >= 11 is 0. The van der Waals surface area contributed by atoms with E-state index in [1.54, 1.807) is 0 Å². The molecule has 0 amide bonds. The average molecular weight is 322 g/mol. The van der Waals surface area contributed by atoms with Gasteiger partial charge in [0, 0.05) is 17.8 Å². The number of rotatable bonds is 4. The van der Waals surface area contributed by atoms with Crippen molar-refractivity contribution in [2.75, 3.05) is 0 Å². The fourth-order valence-corrected chi connectivity index (χ4v) is 4.02. The highest BCUT2D eigenvalue weighted by Crippen LogP contribution is 2.33. The molecule has 1 aliphatic rings. The van der Waals surface area contributed by atoms with Gasteiger partial charge in [-0.25, -0.2) is 9.97 Å². The summed E-state index contributed by atoms with van der Waals surface area (Å²) < 4.78 is 0. The van der Waals surface area contributed by atoms with E-state index in [1.165, 1.54) is 48.8 Å². The number of nitrogens with zero attached hydrogens (tertiary/aromatic N) is 2. The maximum atomic E-state index is 4.74. The molecular formula is C22H30N2. The Bertz CT molecular complexity index is 665. The number of aryl methyl sites for hydroxylation is 3. The summed E-state index contributed by atoms with van der Waals surface area (Å²) in [6.07, 6.45) is 7.65. The van der Waals surface area contributed by atoms with Gasteiger partial charge in [0.1, 0.15) is 5.82 Å². The molecule has 0 spiro atoms. The van der Waals surface area contributed by atoms with Crippen LogP contribution in [0.15, 0.2) is 24.3 Å². The van der Waals surface area contributed by atoms with E-state index < -0.39 is 0 Å². The van der Waals surface area contributed by atoms with Gasteiger partial charge in [-0.1, -0.05) is 42.7 Å². The Labute approximate surface area is 146 Å². The van der Waals surface area contributed by atoms with Crippen LogP contribution in [0.5, 0.6) is 0 Å². The zero-order valence-corrected chi connectivity index (χ0v) is 15.6. The van der Waals surface area contributed by atoms with Gasteiger partial charge in [-0.15, -0.1) is 0 Å². The van der Waals surface area contributed by atoms with Crippen molar-refractivity contribution in [2.24, 2.45) is 11.8 Å². The Hall–Kier alpha value is -1.70. The minimum Gasteiger partial charge on any atom is -0.238 e. The molecule has 128 valence electrons. The number of hydrogen-bond acceptors (Lipinski definition) is 2. The predicted molar refractivity (Wildman–Crippen MR) is 100 cm³/mol. The second kappa shape index (κ2) is 7.46. The first-order valence-corrected chi connectivity index (χ1v) is 9.37. The molecule has 24 heavy (non-hydrogen) atoms. The van der Waals surface area contributed by atoms with Crippen molar-refractivity contribution < 1.29 is 0 Å². The second-order valence-corrected chi connectivity index (χ2v) is 7.73. The summed E-state index contributed by atoms with van der Waals surface area (Å²) in [6.45, 7) is 8.49. The highest BCUT2D eigenvalue weighted by atomic mass is 14.9. The van der Waals surface area contributed by atoms with Gasteiger partial charge in [0.2, 0.25) is 0 Å². The summed E-state index contributed by atoms with van der Waals surface area (Å²) in [5.41, 5.74) is 6.36. The van der Waals surface area contributed by atoms with Crippen molar-refractivity contribution in [3.05, 3.63) is 58.2 Å². The van der Waals surface area contributed by atoms with Crippen molar-refractivity contribution in [2.45, 2.75) is 66.2 Å². The normalized spacial score (nSPS) is 21.0. The first-order valence-electron chi connectivity index (χ1n) is 9.37. The van der Waals surface area contributed by atoms with Gasteiger partial charge in [0.15, 0.2) is 0 Å². The molecule has 0 radical (unpaired) electrons. The molecule has 2 unspecified atom stereocenters. The molecule has 2 nitrogen and oxygen atoms in total. The number of aromatic nitrogens is 2. The smallest absolute Gasteiger partial charge is 0.129 e. The van der Waals surface area contributed by atoms with Crippen molar-refractivity contribution in [1.82, 2.24) is 9.97 Å². The zero-order valence-electron chi connectivity index (χ0n) is 15.6. The van der Waals surface area contributed by atoms with Gasteiger partial charge >= 0.3 is 0 Å². The molecule has 2 aromatic rings. The lowest BCUT2D eigenvalue weighted by Gasteiger charge is -2.29. The van der Waals surface area contributed by atoms with Crippen LogP contribution in [0, 0.1) is 39.5 Å². The van der Waals surface area contributed by atoms with Gasteiger partial charge in [0.25, 0.3) is 0 Å². The Morgan fingerprint density at radius 3 is 2.04 bits per heavy atom. The van der Waals surface area contributed by atoms with E-state index in [9.17, 15) is 0 Å². The van der Waals surface area contributed by atoms with Crippen molar-refractivity contribution in [1.29, 1.82) is 0 Å². The summed E-state index contributed by atoms with van der Waals surface area (Å²) in [6, 6.07) is 9.08. The van der Waals surface area contributed by atoms with E-state index >= 15 is 0 Å². The molecule has 2 atom stereocenters. The minimum absolute atomic E-state index is 0.746. The van der Waals surface area contributed by atoms with E-state index in [0.717, 1.165) is 35.5 Å². The molecule has 0 bridgehead atoms. The molecule has 1 aromatic carbocycles. The third kappa shape index (κ3) is 4.23. The Morgan fingerprint density at radius 2 is 1.42 bits per heavy atom. The van der Waals surface area contributed by atoms with Crippen LogP contribution >= 0.6 is 0 Å². The Kier molecular flexibility index (Phi) is 5.33. The lowest BCUT2D eigenvalue weighted by molar-refractivity contribution is 0.261. The fraction of sp³-hybridized carbons (Fsp3) is 0.545. The quantitative estimate of drug-likeness (QED) is 0.763. The third-order valence-electron chi connectivity index (χ3n) is 5.69. The molecular weight excluding hydrogens is 292 g/mol. The van der Waals surface area contributed by atoms with E-state index in [0.29, 0.717) is 0 Å². The van der Waals surface area contributed by atoms with Crippen molar-refractivity contribution in [3.63, 3.8) is 0 Å². The molecule has 2 heteroatoms. The highest BCUT2D eigenvalue weighted by molar-refractivity contribution is 5.23. The van der Waals surface area contributed by atoms with E-state index in [2.05, 4.69) is 52.0 Å². The van der Waals surface area contributed by atoms with Gasteiger partial charge in [0.05, 0.1) is 0 Å². The van der Waals surface area contributed by atoms with Crippen LogP contribution < -0.4 is 0 Å². The zero-order chi connectivity index (χ0) is 17.1. The Morgan fingerprint density at radius 1 is 0.833 bits per heavy atom. The standard InChI is InChI=1S/C22H30N2/c1-15-8-10-19(11-9-15)12-20-6-5-7-21(13-20)14-22-23-17(3)16(2)18(4)24-22/h8-11,20-21H,5-7,12-14H2,1-4H3. The van der Waals surface area contributed by atoms with Gasteiger partial charge in [-0.3, -0.25) is 0 Å². The lowest BCUT2D eigenvalue weighted by Crippen LogP contribution is -2.20. The third-order valence-corrected chi connectivity index (χ3v) is 5.69. The monoisotopic (exact) mass is 322 g/mol. The summed E-state index contributed by atoms with van der Waals surface area (Å²) in [5, 5.41) is 0. The fourth-order valence-electron chi connectivity index (χ4n) is 4.02. The van der Waals surface area contributed by atoms with Crippen molar-refractivity contribution >= 4 is 0 Å². The van der Waals surface area contributed by atoms with Crippen LogP contribution in [0.1, 0.15) is 59.6 Å². The Balaban J connectivity index is 1.62. The number of hydrogen-bond donors (Lipinski definition) is 0. The topological polar surface area (TPSA) is 25.8 Å². The largest absolute Gasteiger partial charge is 0.238 e. The summed E-state index contributed by atoms with van der Waals surface area (Å²) in [5.74, 6) is 2.62. The van der Waals surface area contributed by atoms with Gasteiger partial charge in [-0.2, -0.15) is 0 Å². The molecule has 1 saturated carbocycles. The van der Waals surface area contributed by atoms with E-state index in [4.69, 9.17) is 9.97 Å². The molecule has 1 fully saturated rings. The average Bonchev–Trinajstić information content (AvgIpc) is 2.55. The van der Waals surface area contributed by atoms with Crippen LogP contribution in [0.4, 0.5) is 0 Å². The SMILES string of the molecule is Cc1ccc(CC2CCCC(Cc3nc(C)c(C)c(C)n3)C2)cc1. The minimum atomic E-state index is 0.746. The summed E-state index contributed by atoms with van der Waals surface area (Å²) in [4.78, 5) is 9.47. The maximum Gasteiger partial charge on any atom is 0.129 e. The molecule has 0 N–H and O–H groups in total. The molecule has 1 aromatic heterocycles. The molecule has 1 aliphatic carbocycles.